The first-order valence-corrected chi connectivity index (χ1v) is 9.45. The van der Waals surface area contributed by atoms with Crippen LogP contribution in [0.15, 0.2) is 0 Å². The summed E-state index contributed by atoms with van der Waals surface area (Å²) in [6.45, 7) is 1.96. The Morgan fingerprint density at radius 1 is 0.850 bits per heavy atom. The van der Waals surface area contributed by atoms with Crippen LogP contribution in [-0.4, -0.2) is 53.9 Å². The molecule has 5 nitrogen and oxygen atoms in total. The molecule has 2 heterocycles. The van der Waals surface area contributed by atoms with E-state index in [-0.39, 0.29) is 18.1 Å². The van der Waals surface area contributed by atoms with Crippen LogP contribution in [0.4, 0.5) is 0 Å². The van der Waals surface area contributed by atoms with Crippen molar-refractivity contribution in [1.29, 1.82) is 0 Å². The van der Waals surface area contributed by atoms with Crippen LogP contribution in [-0.2, 0) is 10.2 Å². The van der Waals surface area contributed by atoms with Gasteiger partial charge >= 0.3 is 0 Å². The summed E-state index contributed by atoms with van der Waals surface area (Å²) in [4.78, 5) is 0. The van der Waals surface area contributed by atoms with Crippen LogP contribution < -0.4 is 0 Å². The first kappa shape index (κ1) is 14.8. The number of nitrogens with zero attached hydrogens (tertiary/aromatic N) is 2. The van der Waals surface area contributed by atoms with Crippen molar-refractivity contribution < 1.29 is 13.5 Å². The van der Waals surface area contributed by atoms with E-state index < -0.39 is 10.2 Å². The fourth-order valence-electron chi connectivity index (χ4n) is 4.14. The van der Waals surface area contributed by atoms with Gasteiger partial charge in [0.2, 0.25) is 0 Å². The fraction of sp³-hybridized carbons (Fsp3) is 1.00. The molecule has 3 aliphatic rings. The molecule has 1 N–H and O–H groups in total. The lowest BCUT2D eigenvalue weighted by molar-refractivity contribution is 0.0955. The maximum absolute atomic E-state index is 12.8. The molecule has 20 heavy (non-hydrogen) atoms. The molecule has 0 spiro atoms. The molecule has 2 saturated heterocycles. The van der Waals surface area contributed by atoms with E-state index in [9.17, 15) is 13.5 Å². The summed E-state index contributed by atoms with van der Waals surface area (Å²) in [6.07, 6.45) is 7.45. The quantitative estimate of drug-likeness (QED) is 0.856. The molecule has 0 aromatic carbocycles. The molecule has 0 radical (unpaired) electrons. The zero-order chi connectivity index (χ0) is 14.2. The smallest absolute Gasteiger partial charge is 0.282 e. The third kappa shape index (κ3) is 2.63. The molecule has 0 aromatic heterocycles. The standard InChI is InChI=1S/C14H26N2O3S/c17-14-8-4-6-12(14)13-7-5-11-16(13)20(18,19)15-9-2-1-3-10-15/h12-14,17H,1-11H2. The van der Waals surface area contributed by atoms with E-state index in [0.717, 1.165) is 51.4 Å². The van der Waals surface area contributed by atoms with Gasteiger partial charge < -0.3 is 5.11 Å². The number of rotatable bonds is 3. The van der Waals surface area contributed by atoms with E-state index in [4.69, 9.17) is 0 Å². The molecule has 0 amide bonds. The highest BCUT2D eigenvalue weighted by Gasteiger charge is 2.44. The van der Waals surface area contributed by atoms with Crippen molar-refractivity contribution in [3.63, 3.8) is 0 Å². The van der Waals surface area contributed by atoms with E-state index in [1.807, 2.05) is 0 Å². The molecule has 2 aliphatic heterocycles. The molecule has 6 heteroatoms. The molecule has 3 fully saturated rings. The van der Waals surface area contributed by atoms with Crippen molar-refractivity contribution in [1.82, 2.24) is 8.61 Å². The van der Waals surface area contributed by atoms with Crippen molar-refractivity contribution in [2.45, 2.75) is 63.5 Å². The number of aliphatic hydroxyl groups excluding tert-OH is 1. The van der Waals surface area contributed by atoms with Crippen molar-refractivity contribution in [3.05, 3.63) is 0 Å². The summed E-state index contributed by atoms with van der Waals surface area (Å²) in [5.74, 6) is 0.150. The van der Waals surface area contributed by atoms with Crippen molar-refractivity contribution in [3.8, 4) is 0 Å². The molecule has 3 rings (SSSR count). The second-order valence-electron chi connectivity index (χ2n) is 6.45. The SMILES string of the molecule is O=S(=O)(N1CCCCC1)N1CCCC1C1CCCC1O. The molecule has 1 aliphatic carbocycles. The van der Waals surface area contributed by atoms with Crippen molar-refractivity contribution >= 4 is 10.2 Å². The molecule has 0 bridgehead atoms. The van der Waals surface area contributed by atoms with Gasteiger partial charge in [0.05, 0.1) is 6.10 Å². The topological polar surface area (TPSA) is 60.9 Å². The largest absolute Gasteiger partial charge is 0.393 e. The van der Waals surface area contributed by atoms with Gasteiger partial charge in [-0.3, -0.25) is 0 Å². The number of hydrogen-bond acceptors (Lipinski definition) is 3. The monoisotopic (exact) mass is 302 g/mol. The summed E-state index contributed by atoms with van der Waals surface area (Å²) < 4.78 is 29.0. The number of piperidine rings is 1. The Labute approximate surface area is 122 Å². The molecular weight excluding hydrogens is 276 g/mol. The van der Waals surface area contributed by atoms with Gasteiger partial charge in [0.15, 0.2) is 0 Å². The van der Waals surface area contributed by atoms with Crippen molar-refractivity contribution in [2.24, 2.45) is 5.92 Å². The molecule has 0 aromatic rings. The van der Waals surface area contributed by atoms with Gasteiger partial charge in [0.25, 0.3) is 10.2 Å². The highest BCUT2D eigenvalue weighted by atomic mass is 32.2. The second-order valence-corrected chi connectivity index (χ2v) is 8.33. The van der Waals surface area contributed by atoms with Crippen LogP contribution >= 0.6 is 0 Å². The Kier molecular flexibility index (Phi) is 4.36. The van der Waals surface area contributed by atoms with Crippen LogP contribution in [0.1, 0.15) is 51.4 Å². The highest BCUT2D eigenvalue weighted by molar-refractivity contribution is 7.86. The van der Waals surface area contributed by atoms with E-state index in [0.29, 0.717) is 19.6 Å². The molecule has 3 unspecified atom stereocenters. The van der Waals surface area contributed by atoms with Gasteiger partial charge in [-0.15, -0.1) is 0 Å². The lowest BCUT2D eigenvalue weighted by Crippen LogP contribution is -2.50. The third-order valence-electron chi connectivity index (χ3n) is 5.21. The van der Waals surface area contributed by atoms with Crippen LogP contribution in [0.25, 0.3) is 0 Å². The molecule has 116 valence electrons. The average Bonchev–Trinajstić information content (AvgIpc) is 3.08. The average molecular weight is 302 g/mol. The normalized spacial score (nSPS) is 37.5. The molecular formula is C14H26N2O3S. The Balaban J connectivity index is 1.77. The van der Waals surface area contributed by atoms with Gasteiger partial charge in [0, 0.05) is 31.6 Å². The van der Waals surface area contributed by atoms with Crippen molar-refractivity contribution in [2.75, 3.05) is 19.6 Å². The van der Waals surface area contributed by atoms with Crippen LogP contribution in [0, 0.1) is 5.92 Å². The number of hydrogen-bond donors (Lipinski definition) is 1. The van der Waals surface area contributed by atoms with Crippen LogP contribution in [0.3, 0.4) is 0 Å². The van der Waals surface area contributed by atoms with Gasteiger partial charge in [-0.1, -0.05) is 12.8 Å². The zero-order valence-electron chi connectivity index (χ0n) is 12.1. The molecule has 1 saturated carbocycles. The maximum Gasteiger partial charge on any atom is 0.282 e. The van der Waals surface area contributed by atoms with Gasteiger partial charge in [0.1, 0.15) is 0 Å². The number of aliphatic hydroxyl groups is 1. The Morgan fingerprint density at radius 3 is 2.25 bits per heavy atom. The highest BCUT2D eigenvalue weighted by Crippen LogP contribution is 2.37. The van der Waals surface area contributed by atoms with Gasteiger partial charge in [-0.25, -0.2) is 0 Å². The first-order valence-electron chi connectivity index (χ1n) is 8.05. The Morgan fingerprint density at radius 2 is 1.60 bits per heavy atom. The fourth-order valence-corrected chi connectivity index (χ4v) is 6.12. The van der Waals surface area contributed by atoms with E-state index in [1.165, 1.54) is 0 Å². The lowest BCUT2D eigenvalue weighted by Gasteiger charge is -2.35. The minimum absolute atomic E-state index is 0.0272. The summed E-state index contributed by atoms with van der Waals surface area (Å²) in [7, 11) is -3.32. The maximum atomic E-state index is 12.8. The van der Waals surface area contributed by atoms with Crippen LogP contribution in [0.5, 0.6) is 0 Å². The summed E-state index contributed by atoms with van der Waals surface area (Å²) in [5, 5.41) is 10.1. The predicted octanol–water partition coefficient (Wildman–Crippen LogP) is 1.34. The first-order chi connectivity index (χ1) is 9.60. The summed E-state index contributed by atoms with van der Waals surface area (Å²) in [6, 6.07) is 0.0272. The Hall–Kier alpha value is -0.170. The van der Waals surface area contributed by atoms with Crippen LogP contribution in [0.2, 0.25) is 0 Å². The zero-order valence-corrected chi connectivity index (χ0v) is 12.9. The lowest BCUT2D eigenvalue weighted by atomic mass is 9.95. The van der Waals surface area contributed by atoms with E-state index in [1.54, 1.807) is 8.61 Å². The second kappa shape index (κ2) is 5.91. The van der Waals surface area contributed by atoms with E-state index in [2.05, 4.69) is 0 Å². The molecule has 3 atom stereocenters. The minimum atomic E-state index is -3.32. The predicted molar refractivity (Wildman–Crippen MR) is 77.4 cm³/mol. The van der Waals surface area contributed by atoms with Gasteiger partial charge in [-0.05, 0) is 38.5 Å². The third-order valence-corrected chi connectivity index (χ3v) is 7.28. The summed E-state index contributed by atoms with van der Waals surface area (Å²) >= 11 is 0. The Bertz CT molecular complexity index is 434. The summed E-state index contributed by atoms with van der Waals surface area (Å²) in [5.41, 5.74) is 0. The van der Waals surface area contributed by atoms with Gasteiger partial charge in [-0.2, -0.15) is 17.0 Å². The van der Waals surface area contributed by atoms with E-state index >= 15 is 0 Å². The minimum Gasteiger partial charge on any atom is -0.393 e.